The Kier molecular flexibility index (Phi) is 1.72. The van der Waals surface area contributed by atoms with Crippen molar-refractivity contribution in [1.82, 2.24) is 0 Å². The number of nitrogens with zero attached hydrogens (tertiary/aromatic N) is 2. The van der Waals surface area contributed by atoms with Crippen LogP contribution >= 0.6 is 0 Å². The number of hydrogen-bond donors (Lipinski definition) is 0. The van der Waals surface area contributed by atoms with Gasteiger partial charge in [-0.1, -0.05) is 0 Å². The smallest absolute Gasteiger partial charge is 0.345 e. The third kappa shape index (κ3) is 1.25. The Hall–Kier alpha value is 0.180. The third-order valence-electron chi connectivity index (χ3n) is 3.73. The molecule has 0 saturated carbocycles. The van der Waals surface area contributed by atoms with Crippen LogP contribution in [0.25, 0.3) is 0 Å². The molecule has 2 nitrogen and oxygen atoms in total. The molecule has 6 heteroatoms. The minimum absolute atomic E-state index is 0.880. The number of likely N-dealkylation sites (N-methyl/N-ethyl adjacent to an activating group) is 2. The lowest BCUT2D eigenvalue weighted by Crippen LogP contribution is -2.65. The number of hydrogen-bond acceptors (Lipinski definition) is 0. The van der Waals surface area contributed by atoms with Gasteiger partial charge in [-0.2, -0.15) is 0 Å². The van der Waals surface area contributed by atoms with E-state index in [0.29, 0.717) is 0 Å². The predicted molar refractivity (Wildman–Crippen MR) is 59.8 cm³/mol. The van der Waals surface area contributed by atoms with E-state index in [1.165, 1.54) is 36.0 Å². The van der Waals surface area contributed by atoms with Crippen LogP contribution in [0.5, 0.6) is 0 Å². The second-order valence-corrected chi connectivity index (χ2v) is 5.76. The van der Waals surface area contributed by atoms with E-state index in [0.717, 1.165) is 13.3 Å². The minimum atomic E-state index is 0.880. The first-order valence-electron chi connectivity index (χ1n) is 5.09. The molecule has 0 unspecified atom stereocenters. The first-order valence-corrected chi connectivity index (χ1v) is 5.09. The first kappa shape index (κ1) is 8.76. The SMILES string of the molecule is C[N+]1(C)CC[N+](C)(C)B1B1BB1. The zero-order chi connectivity index (χ0) is 8.98. The average Bonchev–Trinajstić information content (AvgIpc) is 2.64. The van der Waals surface area contributed by atoms with E-state index in [9.17, 15) is 0 Å². The lowest BCUT2D eigenvalue weighted by molar-refractivity contribution is -0.827. The van der Waals surface area contributed by atoms with Crippen molar-refractivity contribution in [1.29, 1.82) is 0 Å². The van der Waals surface area contributed by atoms with E-state index >= 15 is 0 Å². The van der Waals surface area contributed by atoms with E-state index in [-0.39, 0.29) is 0 Å². The van der Waals surface area contributed by atoms with Gasteiger partial charge in [-0.3, -0.25) is 0 Å². The summed E-state index contributed by atoms with van der Waals surface area (Å²) in [6, 6.07) is 0. The highest BCUT2D eigenvalue weighted by atomic mass is 15.5. The summed E-state index contributed by atoms with van der Waals surface area (Å²) in [5.41, 5.74) is 0. The molecule has 2 aliphatic rings. The molecule has 0 atom stereocenters. The lowest BCUT2D eigenvalue weighted by atomic mass is 9.17. The molecule has 0 amide bonds. The van der Waals surface area contributed by atoms with Crippen molar-refractivity contribution in [2.75, 3.05) is 41.3 Å². The maximum atomic E-state index is 2.40. The number of quaternary nitrogens is 2. The molecule has 0 aromatic rings. The van der Waals surface area contributed by atoms with E-state index in [2.05, 4.69) is 28.2 Å². The second-order valence-electron chi connectivity index (χ2n) is 5.76. The molecule has 62 valence electrons. The Bertz CT molecular complexity index is 186. The van der Waals surface area contributed by atoms with Crippen LogP contribution in [0.4, 0.5) is 0 Å². The minimum Gasteiger partial charge on any atom is -0.345 e. The van der Waals surface area contributed by atoms with Crippen LogP contribution in [-0.2, 0) is 0 Å². The summed E-state index contributed by atoms with van der Waals surface area (Å²) >= 11 is 0. The van der Waals surface area contributed by atoms with Crippen LogP contribution in [0.3, 0.4) is 0 Å². The van der Waals surface area contributed by atoms with Crippen molar-refractivity contribution in [3.8, 4) is 0 Å². The Balaban J connectivity index is 2.22. The van der Waals surface area contributed by atoms with Crippen LogP contribution in [0.1, 0.15) is 0 Å². The molecule has 2 rings (SSSR count). The van der Waals surface area contributed by atoms with Crippen molar-refractivity contribution in [2.45, 2.75) is 0 Å². The van der Waals surface area contributed by atoms with Gasteiger partial charge in [-0.25, -0.2) is 0 Å². The highest BCUT2D eigenvalue weighted by molar-refractivity contribution is 7.95. The zero-order valence-electron chi connectivity index (χ0n) is 8.88. The summed E-state index contributed by atoms with van der Waals surface area (Å²) < 4.78 is 2.50. The van der Waals surface area contributed by atoms with E-state index in [4.69, 9.17) is 0 Å². The molecule has 0 N–H and O–H groups in total. The van der Waals surface area contributed by atoms with Crippen LogP contribution < -0.4 is 0 Å². The third-order valence-corrected chi connectivity index (χ3v) is 3.73. The van der Waals surface area contributed by atoms with Gasteiger partial charge in [0.15, 0.2) is 0 Å². The Morgan fingerprint density at radius 2 is 1.33 bits per heavy atom. The highest BCUT2D eigenvalue weighted by Crippen LogP contribution is 2.24. The lowest BCUT2D eigenvalue weighted by Gasteiger charge is -2.32. The quantitative estimate of drug-likeness (QED) is 0.391. The summed E-state index contributed by atoms with van der Waals surface area (Å²) in [7, 11) is 12.6. The molecular weight excluding hydrogens is 143 g/mol. The fraction of sp³-hybridized carbons (Fsp3) is 1.00. The van der Waals surface area contributed by atoms with Crippen molar-refractivity contribution in [3.63, 3.8) is 0 Å². The summed E-state index contributed by atoms with van der Waals surface area (Å²) in [5.74, 6) is 0. The molecule has 0 aromatic heterocycles. The van der Waals surface area contributed by atoms with Crippen LogP contribution in [-0.4, -0.2) is 77.4 Å². The van der Waals surface area contributed by atoms with Gasteiger partial charge in [0.2, 0.25) is 6.39 Å². The largest absolute Gasteiger partial charge is 0.586 e. The summed E-state index contributed by atoms with van der Waals surface area (Å²) in [6.45, 7) is 3.59. The number of rotatable bonds is 1. The molecule has 0 radical (unpaired) electrons. The van der Waals surface area contributed by atoms with Gasteiger partial charge in [0, 0.05) is 0 Å². The molecule has 2 fully saturated rings. The average molecular weight is 161 g/mol. The standard InChI is InChI=1S/C6H18B4N2/c1-11(2)5-6-12(3,4)10(11)9-7-8-9/h7-8H,5-6H2,1-4H3/q+2. The molecule has 0 aromatic carbocycles. The van der Waals surface area contributed by atoms with Gasteiger partial charge in [-0.05, 0) is 0 Å². The maximum Gasteiger partial charge on any atom is 0.586 e. The Labute approximate surface area is 78.1 Å². The molecule has 2 saturated heterocycles. The fourth-order valence-electron chi connectivity index (χ4n) is 3.16. The van der Waals surface area contributed by atoms with E-state index in [1.54, 1.807) is 0 Å². The van der Waals surface area contributed by atoms with Gasteiger partial charge in [0.1, 0.15) is 13.1 Å². The molecule has 0 aliphatic carbocycles. The molecule has 12 heavy (non-hydrogen) atoms. The summed E-state index contributed by atoms with van der Waals surface area (Å²) in [6.07, 6.45) is 1.03. The molecule has 2 aliphatic heterocycles. The van der Waals surface area contributed by atoms with Crippen LogP contribution in [0.2, 0.25) is 0 Å². The Morgan fingerprint density at radius 1 is 0.917 bits per heavy atom. The Morgan fingerprint density at radius 3 is 1.67 bits per heavy atom. The second kappa shape index (κ2) is 2.36. The van der Waals surface area contributed by atoms with E-state index in [1.807, 2.05) is 0 Å². The monoisotopic (exact) mass is 162 g/mol. The topological polar surface area (TPSA) is 0 Å². The van der Waals surface area contributed by atoms with Gasteiger partial charge >= 0.3 is 6.87 Å². The van der Waals surface area contributed by atoms with Gasteiger partial charge < -0.3 is 8.79 Å². The fourth-order valence-corrected chi connectivity index (χ4v) is 3.16. The summed E-state index contributed by atoms with van der Waals surface area (Å²) in [4.78, 5) is 0. The van der Waals surface area contributed by atoms with Gasteiger partial charge in [0.05, 0.1) is 42.3 Å². The molecule has 2 heterocycles. The maximum absolute atomic E-state index is 2.40. The first-order chi connectivity index (χ1) is 5.43. The predicted octanol–water partition coefficient (Wildman–Crippen LogP) is -1.99. The van der Waals surface area contributed by atoms with Crippen molar-refractivity contribution in [3.05, 3.63) is 0 Å². The molecule has 0 bridgehead atoms. The van der Waals surface area contributed by atoms with Crippen LogP contribution in [0.15, 0.2) is 0 Å². The summed E-state index contributed by atoms with van der Waals surface area (Å²) in [5, 5.41) is 0. The van der Waals surface area contributed by atoms with Crippen molar-refractivity contribution >= 4 is 27.4 Å². The van der Waals surface area contributed by atoms with Crippen molar-refractivity contribution in [2.24, 2.45) is 0 Å². The zero-order valence-corrected chi connectivity index (χ0v) is 8.88. The molecular formula is C6H18B4N2+2. The normalized spacial score (nSPS) is 29.7. The highest BCUT2D eigenvalue weighted by Gasteiger charge is 2.67. The molecule has 0 spiro atoms. The van der Waals surface area contributed by atoms with Gasteiger partial charge in [-0.15, -0.1) is 0 Å². The van der Waals surface area contributed by atoms with E-state index < -0.39 is 0 Å². The van der Waals surface area contributed by atoms with Crippen molar-refractivity contribution < 1.29 is 8.79 Å². The van der Waals surface area contributed by atoms with Crippen LogP contribution in [0, 0.1) is 0 Å². The van der Waals surface area contributed by atoms with Gasteiger partial charge in [0.25, 0.3) is 0 Å².